The van der Waals surface area contributed by atoms with Gasteiger partial charge in [-0.25, -0.2) is 0 Å². The Labute approximate surface area is 132 Å². The zero-order valence-electron chi connectivity index (χ0n) is 11.6. The molecule has 21 heavy (non-hydrogen) atoms. The van der Waals surface area contributed by atoms with Crippen molar-refractivity contribution in [3.8, 4) is 5.75 Å². The van der Waals surface area contributed by atoms with E-state index >= 15 is 0 Å². The number of methoxy groups -OCH3 is 1. The van der Waals surface area contributed by atoms with Gasteiger partial charge in [0.1, 0.15) is 5.75 Å². The number of ether oxygens (including phenoxy) is 1. The molecule has 0 spiro atoms. The van der Waals surface area contributed by atoms with Gasteiger partial charge in [-0.2, -0.15) is 0 Å². The summed E-state index contributed by atoms with van der Waals surface area (Å²) in [6.07, 6.45) is 1.81. The van der Waals surface area contributed by atoms with Gasteiger partial charge in [-0.3, -0.25) is 4.98 Å². The summed E-state index contributed by atoms with van der Waals surface area (Å²) in [5.74, 6) is 0.841. The van der Waals surface area contributed by atoms with Crippen LogP contribution in [0.5, 0.6) is 5.75 Å². The lowest BCUT2D eigenvalue weighted by atomic mass is 10.1. The molecule has 1 aromatic heterocycles. The topological polar surface area (TPSA) is 34.1 Å². The molecule has 0 unspecified atom stereocenters. The van der Waals surface area contributed by atoms with E-state index in [0.717, 1.165) is 33.4 Å². The van der Waals surface area contributed by atoms with Gasteiger partial charge >= 0.3 is 0 Å². The van der Waals surface area contributed by atoms with Crippen molar-refractivity contribution in [3.63, 3.8) is 0 Å². The van der Waals surface area contributed by atoms with E-state index in [1.165, 1.54) is 5.56 Å². The van der Waals surface area contributed by atoms with Gasteiger partial charge in [0, 0.05) is 23.8 Å². The first kappa shape index (κ1) is 13.9. The molecule has 1 heterocycles. The minimum absolute atomic E-state index is 0.747. The standard InChI is InChI=1S/C17H15BrN2O/c1-21-17-8-7-12(10-14(17)18)11-20-16-6-2-5-15-13(16)4-3-9-19-15/h2-10,20H,11H2,1H3. The van der Waals surface area contributed by atoms with Gasteiger partial charge in [0.05, 0.1) is 17.1 Å². The number of pyridine rings is 1. The van der Waals surface area contributed by atoms with Crippen molar-refractivity contribution in [3.05, 3.63) is 64.8 Å². The molecule has 3 nitrogen and oxygen atoms in total. The Bertz CT molecular complexity index is 768. The molecule has 0 amide bonds. The van der Waals surface area contributed by atoms with E-state index in [1.54, 1.807) is 7.11 Å². The molecule has 3 aromatic rings. The zero-order valence-corrected chi connectivity index (χ0v) is 13.2. The summed E-state index contributed by atoms with van der Waals surface area (Å²) in [7, 11) is 1.67. The fourth-order valence-electron chi connectivity index (χ4n) is 2.27. The molecule has 0 saturated heterocycles. The smallest absolute Gasteiger partial charge is 0.133 e. The summed E-state index contributed by atoms with van der Waals surface area (Å²) in [6, 6.07) is 16.2. The normalized spacial score (nSPS) is 10.6. The van der Waals surface area contributed by atoms with Gasteiger partial charge < -0.3 is 10.1 Å². The highest BCUT2D eigenvalue weighted by molar-refractivity contribution is 9.10. The van der Waals surface area contributed by atoms with Crippen LogP contribution in [0.4, 0.5) is 5.69 Å². The largest absolute Gasteiger partial charge is 0.496 e. The number of halogens is 1. The van der Waals surface area contributed by atoms with Gasteiger partial charge in [0.15, 0.2) is 0 Å². The van der Waals surface area contributed by atoms with E-state index in [0.29, 0.717) is 0 Å². The molecule has 106 valence electrons. The number of hydrogen-bond acceptors (Lipinski definition) is 3. The van der Waals surface area contributed by atoms with Crippen molar-refractivity contribution in [1.29, 1.82) is 0 Å². The van der Waals surface area contributed by atoms with E-state index in [1.807, 2.05) is 30.5 Å². The molecule has 0 radical (unpaired) electrons. The van der Waals surface area contributed by atoms with Crippen LogP contribution in [-0.2, 0) is 6.54 Å². The lowest BCUT2D eigenvalue weighted by molar-refractivity contribution is 0.412. The van der Waals surface area contributed by atoms with Gasteiger partial charge in [-0.05, 0) is 57.9 Å². The van der Waals surface area contributed by atoms with E-state index in [2.05, 4.69) is 50.5 Å². The zero-order chi connectivity index (χ0) is 14.7. The minimum Gasteiger partial charge on any atom is -0.496 e. The predicted octanol–water partition coefficient (Wildman–Crippen LogP) is 4.62. The van der Waals surface area contributed by atoms with Gasteiger partial charge in [-0.15, -0.1) is 0 Å². The summed E-state index contributed by atoms with van der Waals surface area (Å²) < 4.78 is 6.21. The molecule has 0 aliphatic carbocycles. The number of rotatable bonds is 4. The summed E-state index contributed by atoms with van der Waals surface area (Å²) in [6.45, 7) is 0.747. The molecule has 3 rings (SSSR count). The molecule has 0 aliphatic heterocycles. The Kier molecular flexibility index (Phi) is 4.06. The Morgan fingerprint density at radius 2 is 2.05 bits per heavy atom. The molecule has 0 fully saturated rings. The first-order chi connectivity index (χ1) is 10.3. The second-order valence-electron chi connectivity index (χ2n) is 4.70. The highest BCUT2D eigenvalue weighted by atomic mass is 79.9. The summed E-state index contributed by atoms with van der Waals surface area (Å²) in [5, 5.41) is 4.60. The van der Waals surface area contributed by atoms with Crippen molar-refractivity contribution >= 4 is 32.5 Å². The van der Waals surface area contributed by atoms with Crippen molar-refractivity contribution in [2.24, 2.45) is 0 Å². The summed E-state index contributed by atoms with van der Waals surface area (Å²) in [4.78, 5) is 4.37. The summed E-state index contributed by atoms with van der Waals surface area (Å²) in [5.41, 5.74) is 3.27. The Balaban J connectivity index is 1.82. The molecule has 0 aliphatic rings. The molecule has 1 N–H and O–H groups in total. The van der Waals surface area contributed by atoms with Gasteiger partial charge in [0.25, 0.3) is 0 Å². The molecule has 4 heteroatoms. The number of aromatic nitrogens is 1. The van der Waals surface area contributed by atoms with E-state index in [9.17, 15) is 0 Å². The Morgan fingerprint density at radius 3 is 2.86 bits per heavy atom. The van der Waals surface area contributed by atoms with Crippen LogP contribution in [0.25, 0.3) is 10.9 Å². The number of fused-ring (bicyclic) bond motifs is 1. The van der Waals surface area contributed by atoms with Gasteiger partial charge in [-0.1, -0.05) is 12.1 Å². The highest BCUT2D eigenvalue weighted by Gasteiger charge is 2.03. The van der Waals surface area contributed by atoms with Crippen LogP contribution in [0.1, 0.15) is 5.56 Å². The maximum atomic E-state index is 5.24. The third-order valence-corrected chi connectivity index (χ3v) is 3.96. The number of anilines is 1. The fraction of sp³-hybridized carbons (Fsp3) is 0.118. The summed E-state index contributed by atoms with van der Waals surface area (Å²) >= 11 is 3.51. The first-order valence-corrected chi connectivity index (χ1v) is 7.47. The number of nitrogens with zero attached hydrogens (tertiary/aromatic N) is 1. The predicted molar refractivity (Wildman–Crippen MR) is 89.8 cm³/mol. The van der Waals surface area contributed by atoms with Crippen molar-refractivity contribution in [2.75, 3.05) is 12.4 Å². The molecule has 0 saturated carbocycles. The second-order valence-corrected chi connectivity index (χ2v) is 5.55. The average Bonchev–Trinajstić information content (AvgIpc) is 2.53. The van der Waals surface area contributed by atoms with Crippen LogP contribution < -0.4 is 10.1 Å². The molecule has 0 bridgehead atoms. The maximum absolute atomic E-state index is 5.24. The number of hydrogen-bond donors (Lipinski definition) is 1. The Hall–Kier alpha value is -2.07. The second kappa shape index (κ2) is 6.14. The van der Waals surface area contributed by atoms with Crippen LogP contribution in [-0.4, -0.2) is 12.1 Å². The van der Waals surface area contributed by atoms with Gasteiger partial charge in [0.2, 0.25) is 0 Å². The fourth-order valence-corrected chi connectivity index (χ4v) is 2.86. The van der Waals surface area contributed by atoms with Crippen LogP contribution in [0.3, 0.4) is 0 Å². The van der Waals surface area contributed by atoms with E-state index in [4.69, 9.17) is 4.74 Å². The van der Waals surface area contributed by atoms with E-state index in [-0.39, 0.29) is 0 Å². The third kappa shape index (κ3) is 3.00. The quantitative estimate of drug-likeness (QED) is 0.751. The lowest BCUT2D eigenvalue weighted by Gasteiger charge is -2.11. The molecular weight excluding hydrogens is 328 g/mol. The highest BCUT2D eigenvalue weighted by Crippen LogP contribution is 2.27. The SMILES string of the molecule is COc1ccc(CNc2cccc3ncccc23)cc1Br. The number of nitrogens with one attached hydrogen (secondary N) is 1. The van der Waals surface area contributed by atoms with Crippen LogP contribution in [0, 0.1) is 0 Å². The maximum Gasteiger partial charge on any atom is 0.133 e. The first-order valence-electron chi connectivity index (χ1n) is 6.68. The van der Waals surface area contributed by atoms with E-state index < -0.39 is 0 Å². The molecule has 0 atom stereocenters. The van der Waals surface area contributed by atoms with Crippen molar-refractivity contribution in [2.45, 2.75) is 6.54 Å². The van der Waals surface area contributed by atoms with Crippen LogP contribution in [0.15, 0.2) is 59.2 Å². The Morgan fingerprint density at radius 1 is 1.14 bits per heavy atom. The third-order valence-electron chi connectivity index (χ3n) is 3.34. The molecular formula is C17H15BrN2O. The minimum atomic E-state index is 0.747. The molecule has 2 aromatic carbocycles. The van der Waals surface area contributed by atoms with Crippen LogP contribution in [0.2, 0.25) is 0 Å². The average molecular weight is 343 g/mol. The van der Waals surface area contributed by atoms with Crippen molar-refractivity contribution in [1.82, 2.24) is 4.98 Å². The lowest BCUT2D eigenvalue weighted by Crippen LogP contribution is -2.00. The van der Waals surface area contributed by atoms with Crippen molar-refractivity contribution < 1.29 is 4.74 Å². The number of benzene rings is 2. The monoisotopic (exact) mass is 342 g/mol. The van der Waals surface area contributed by atoms with Crippen LogP contribution >= 0.6 is 15.9 Å².